The Hall–Kier alpha value is -2.16. The van der Waals surface area contributed by atoms with Crippen molar-refractivity contribution in [3.05, 3.63) is 55.1 Å². The Morgan fingerprint density at radius 3 is 2.60 bits per heavy atom. The summed E-state index contributed by atoms with van der Waals surface area (Å²) in [4.78, 5) is 8.54. The van der Waals surface area contributed by atoms with Crippen LogP contribution in [0.15, 0.2) is 55.1 Å². The fraction of sp³-hybridized carbons (Fsp3) is 0. The first-order valence-electron chi connectivity index (χ1n) is 4.77. The molecular formula is C12H9N3. The van der Waals surface area contributed by atoms with E-state index in [0.717, 1.165) is 17.1 Å². The highest BCUT2D eigenvalue weighted by Gasteiger charge is 2.05. The van der Waals surface area contributed by atoms with E-state index >= 15 is 0 Å². The monoisotopic (exact) mass is 195 g/mol. The molecule has 0 fully saturated rings. The van der Waals surface area contributed by atoms with Gasteiger partial charge in [0.15, 0.2) is 0 Å². The second kappa shape index (κ2) is 3.20. The highest BCUT2D eigenvalue weighted by molar-refractivity contribution is 5.55. The molecule has 1 aromatic rings. The van der Waals surface area contributed by atoms with Crippen LogP contribution in [-0.4, -0.2) is 14.5 Å². The zero-order valence-electron chi connectivity index (χ0n) is 8.04. The number of nitrogens with zero attached hydrogens (tertiary/aromatic N) is 3. The van der Waals surface area contributed by atoms with Gasteiger partial charge >= 0.3 is 0 Å². The van der Waals surface area contributed by atoms with E-state index in [1.807, 2.05) is 47.2 Å². The number of hydrogen-bond acceptors (Lipinski definition) is 2. The van der Waals surface area contributed by atoms with Gasteiger partial charge < -0.3 is 4.57 Å². The summed E-state index contributed by atoms with van der Waals surface area (Å²) in [6.07, 6.45) is 5.56. The molecule has 3 nitrogen and oxygen atoms in total. The van der Waals surface area contributed by atoms with Crippen molar-refractivity contribution < 1.29 is 0 Å². The van der Waals surface area contributed by atoms with Gasteiger partial charge in [-0.2, -0.15) is 0 Å². The van der Waals surface area contributed by atoms with Crippen molar-refractivity contribution in [2.45, 2.75) is 0 Å². The van der Waals surface area contributed by atoms with Crippen LogP contribution in [0.5, 0.6) is 0 Å². The van der Waals surface area contributed by atoms with Gasteiger partial charge in [0, 0.05) is 18.1 Å². The standard InChI is InChI=1S/C12H9N3/c1-2-4-10(5-3-1)15-8-12-11(14-9-15)6-7-13-12/h1-9H. The van der Waals surface area contributed by atoms with E-state index in [-0.39, 0.29) is 0 Å². The van der Waals surface area contributed by atoms with Gasteiger partial charge in [-0.3, -0.25) is 4.98 Å². The highest BCUT2D eigenvalue weighted by Crippen LogP contribution is 2.17. The van der Waals surface area contributed by atoms with Crippen LogP contribution in [-0.2, 0) is 0 Å². The first kappa shape index (κ1) is 8.17. The van der Waals surface area contributed by atoms with Crippen molar-refractivity contribution in [1.82, 2.24) is 14.5 Å². The third-order valence-corrected chi connectivity index (χ3v) is 2.35. The lowest BCUT2D eigenvalue weighted by Gasteiger charge is -2.06. The van der Waals surface area contributed by atoms with Crippen LogP contribution < -0.4 is 0 Å². The van der Waals surface area contributed by atoms with E-state index in [1.165, 1.54) is 0 Å². The fourth-order valence-electron chi connectivity index (χ4n) is 1.58. The number of hydrogen-bond donors (Lipinski definition) is 0. The van der Waals surface area contributed by atoms with Gasteiger partial charge in [0.2, 0.25) is 0 Å². The van der Waals surface area contributed by atoms with Crippen LogP contribution in [0.2, 0.25) is 0 Å². The molecule has 2 heterocycles. The molecule has 0 spiro atoms. The van der Waals surface area contributed by atoms with Crippen LogP contribution in [0.4, 0.5) is 0 Å². The smallest absolute Gasteiger partial charge is 0.105 e. The van der Waals surface area contributed by atoms with E-state index in [0.29, 0.717) is 0 Å². The average Bonchev–Trinajstić information content (AvgIpc) is 2.77. The quantitative estimate of drug-likeness (QED) is 0.596. The Morgan fingerprint density at radius 2 is 1.73 bits per heavy atom. The van der Waals surface area contributed by atoms with Crippen molar-refractivity contribution >= 4 is 0 Å². The molecule has 0 aromatic heterocycles. The van der Waals surface area contributed by atoms with E-state index < -0.39 is 0 Å². The van der Waals surface area contributed by atoms with E-state index in [4.69, 9.17) is 0 Å². The molecule has 0 radical (unpaired) electrons. The second-order valence-corrected chi connectivity index (χ2v) is 3.33. The molecule has 3 rings (SSSR count). The minimum absolute atomic E-state index is 0.918. The maximum absolute atomic E-state index is 4.32. The van der Waals surface area contributed by atoms with Crippen molar-refractivity contribution in [2.75, 3.05) is 0 Å². The van der Waals surface area contributed by atoms with E-state index in [2.05, 4.69) is 9.97 Å². The SMILES string of the molecule is c1ccc(-n2cnc3ccnc-3c2)cc1. The van der Waals surface area contributed by atoms with Crippen LogP contribution in [0.25, 0.3) is 17.1 Å². The lowest BCUT2D eigenvalue weighted by Crippen LogP contribution is -1.97. The zero-order valence-corrected chi connectivity index (χ0v) is 8.04. The topological polar surface area (TPSA) is 30.7 Å². The normalized spacial score (nSPS) is 10.7. The molecule has 0 saturated carbocycles. The lowest BCUT2D eigenvalue weighted by atomic mass is 10.3. The number of aromatic nitrogens is 3. The first-order chi connectivity index (χ1) is 7.43. The summed E-state index contributed by atoms with van der Waals surface area (Å²) < 4.78 is 1.97. The van der Waals surface area contributed by atoms with Gasteiger partial charge in [0.1, 0.15) is 5.69 Å². The molecule has 0 saturated heterocycles. The number of fused-ring (bicyclic) bond motifs is 1. The summed E-state index contributed by atoms with van der Waals surface area (Å²) in [5, 5.41) is 0. The summed E-state index contributed by atoms with van der Waals surface area (Å²) in [6, 6.07) is 12.0. The predicted octanol–water partition coefficient (Wildman–Crippen LogP) is 2.37. The largest absolute Gasteiger partial charge is 0.306 e. The molecular weight excluding hydrogens is 186 g/mol. The van der Waals surface area contributed by atoms with Crippen LogP contribution >= 0.6 is 0 Å². The lowest BCUT2D eigenvalue weighted by molar-refractivity contribution is 0.978. The second-order valence-electron chi connectivity index (χ2n) is 3.33. The Morgan fingerprint density at radius 1 is 0.867 bits per heavy atom. The predicted molar refractivity (Wildman–Crippen MR) is 58.0 cm³/mol. The van der Waals surface area contributed by atoms with Crippen molar-refractivity contribution in [2.24, 2.45) is 0 Å². The number of para-hydroxylation sites is 1. The molecule has 72 valence electrons. The van der Waals surface area contributed by atoms with Gasteiger partial charge in [-0.05, 0) is 18.2 Å². The summed E-state index contributed by atoms with van der Waals surface area (Å²) in [6.45, 7) is 0. The van der Waals surface area contributed by atoms with E-state index in [1.54, 1.807) is 12.5 Å². The number of rotatable bonds is 1. The van der Waals surface area contributed by atoms with Crippen LogP contribution in [0, 0.1) is 0 Å². The van der Waals surface area contributed by atoms with Crippen LogP contribution in [0.3, 0.4) is 0 Å². The number of benzene rings is 1. The first-order valence-corrected chi connectivity index (χ1v) is 4.77. The van der Waals surface area contributed by atoms with Gasteiger partial charge in [0.05, 0.1) is 12.0 Å². The zero-order chi connectivity index (χ0) is 10.1. The van der Waals surface area contributed by atoms with Crippen molar-refractivity contribution in [1.29, 1.82) is 0 Å². The Labute approximate surface area is 87.4 Å². The average molecular weight is 195 g/mol. The van der Waals surface area contributed by atoms with Crippen molar-refractivity contribution in [3.8, 4) is 17.1 Å². The Balaban J connectivity index is 2.17. The van der Waals surface area contributed by atoms with Crippen molar-refractivity contribution in [3.63, 3.8) is 0 Å². The van der Waals surface area contributed by atoms with Gasteiger partial charge in [-0.1, -0.05) is 18.2 Å². The van der Waals surface area contributed by atoms with Gasteiger partial charge in [0.25, 0.3) is 0 Å². The summed E-state index contributed by atoms with van der Waals surface area (Å²) in [7, 11) is 0. The molecule has 0 atom stereocenters. The Kier molecular flexibility index (Phi) is 1.75. The third kappa shape index (κ3) is 1.38. The molecule has 2 aliphatic rings. The molecule has 15 heavy (non-hydrogen) atoms. The molecule has 0 unspecified atom stereocenters. The van der Waals surface area contributed by atoms with Gasteiger partial charge in [-0.15, -0.1) is 0 Å². The maximum Gasteiger partial charge on any atom is 0.105 e. The molecule has 0 aliphatic carbocycles. The maximum atomic E-state index is 4.32. The Bertz CT molecular complexity index is 542. The third-order valence-electron chi connectivity index (χ3n) is 2.35. The van der Waals surface area contributed by atoms with Crippen LogP contribution in [0.1, 0.15) is 0 Å². The molecule has 3 heteroatoms. The summed E-state index contributed by atoms with van der Waals surface area (Å²) in [5.41, 5.74) is 2.94. The van der Waals surface area contributed by atoms with E-state index in [9.17, 15) is 0 Å². The minimum atomic E-state index is 0.918. The summed E-state index contributed by atoms with van der Waals surface area (Å²) in [5.74, 6) is 0. The van der Waals surface area contributed by atoms with Gasteiger partial charge in [-0.25, -0.2) is 4.98 Å². The fourth-order valence-corrected chi connectivity index (χ4v) is 1.58. The highest BCUT2D eigenvalue weighted by atomic mass is 15.0. The molecule has 0 amide bonds. The molecule has 2 aliphatic heterocycles. The minimum Gasteiger partial charge on any atom is -0.306 e. The summed E-state index contributed by atoms with van der Waals surface area (Å²) >= 11 is 0. The molecule has 1 aromatic carbocycles. The molecule has 0 bridgehead atoms. The molecule has 0 N–H and O–H groups in total.